The van der Waals surface area contributed by atoms with Crippen LogP contribution in [0, 0.1) is 0 Å². The van der Waals surface area contributed by atoms with E-state index in [1.165, 1.54) is 0 Å². The van der Waals surface area contributed by atoms with Crippen LogP contribution in [0.25, 0.3) is 0 Å². The average molecular weight is 354 g/mol. The van der Waals surface area contributed by atoms with Crippen molar-refractivity contribution in [2.45, 2.75) is 5.41 Å². The number of nitrogens with zero attached hydrogens (tertiary/aromatic N) is 2. The van der Waals surface area contributed by atoms with Crippen LogP contribution in [0.3, 0.4) is 0 Å². The highest BCUT2D eigenvalue weighted by atomic mass is 16.1. The first-order valence-electron chi connectivity index (χ1n) is 8.58. The predicted molar refractivity (Wildman–Crippen MR) is 107 cm³/mol. The Labute approximate surface area is 157 Å². The van der Waals surface area contributed by atoms with Crippen LogP contribution in [0.1, 0.15) is 22.3 Å². The first kappa shape index (κ1) is 16.7. The summed E-state index contributed by atoms with van der Waals surface area (Å²) in [6.45, 7) is 0. The minimum atomic E-state index is -0.989. The monoisotopic (exact) mass is 354 g/mol. The van der Waals surface area contributed by atoms with Crippen LogP contribution >= 0.6 is 0 Å². The van der Waals surface area contributed by atoms with Gasteiger partial charge in [-0.15, -0.1) is 10.2 Å². The Morgan fingerprint density at radius 1 is 0.741 bits per heavy atom. The summed E-state index contributed by atoms with van der Waals surface area (Å²) in [5.41, 5.74) is 13.5. The van der Waals surface area contributed by atoms with Crippen LogP contribution in [0.5, 0.6) is 0 Å². The fourth-order valence-electron chi connectivity index (χ4n) is 3.76. The molecule has 27 heavy (non-hydrogen) atoms. The molecule has 0 aromatic heterocycles. The fourth-order valence-corrected chi connectivity index (χ4v) is 3.76. The number of rotatable bonds is 3. The number of hydrogen-bond acceptors (Lipinski definition) is 3. The maximum atomic E-state index is 13.8. The molecule has 4 rings (SSSR count). The predicted octanol–water partition coefficient (Wildman–Crippen LogP) is 2.58. The van der Waals surface area contributed by atoms with Crippen LogP contribution in [0.4, 0.5) is 0 Å². The quantitative estimate of drug-likeness (QED) is 0.430. The lowest BCUT2D eigenvalue weighted by atomic mass is 9.69. The summed E-state index contributed by atoms with van der Waals surface area (Å²) >= 11 is 0. The molecule has 0 radical (unpaired) electrons. The Balaban J connectivity index is 2.10. The molecule has 5 heteroatoms. The van der Waals surface area contributed by atoms with E-state index >= 15 is 0 Å². The molecule has 0 spiro atoms. The first-order valence-corrected chi connectivity index (χ1v) is 8.58. The summed E-state index contributed by atoms with van der Waals surface area (Å²) in [5.74, 6) is -0.337. The van der Waals surface area contributed by atoms with Gasteiger partial charge >= 0.3 is 0 Å². The van der Waals surface area contributed by atoms with Crippen molar-refractivity contribution in [3.8, 4) is 0 Å². The number of carbonyl (C=O) groups is 1. The molecule has 0 aliphatic heterocycles. The zero-order chi connectivity index (χ0) is 18.9. The molecule has 0 saturated heterocycles. The van der Waals surface area contributed by atoms with Crippen molar-refractivity contribution in [2.24, 2.45) is 21.7 Å². The van der Waals surface area contributed by atoms with E-state index < -0.39 is 5.41 Å². The molecule has 0 heterocycles. The number of benzene rings is 3. The van der Waals surface area contributed by atoms with E-state index in [0.717, 1.165) is 22.3 Å². The number of guanidine groups is 1. The van der Waals surface area contributed by atoms with Crippen molar-refractivity contribution in [1.29, 1.82) is 0 Å². The van der Waals surface area contributed by atoms with Crippen LogP contribution in [0.15, 0.2) is 95.1 Å². The van der Waals surface area contributed by atoms with Gasteiger partial charge in [0.15, 0.2) is 0 Å². The number of ketones is 1. The summed E-state index contributed by atoms with van der Waals surface area (Å²) in [4.78, 5) is 13.8. The summed E-state index contributed by atoms with van der Waals surface area (Å²) in [6, 6.07) is 27.1. The molecule has 5 nitrogen and oxygen atoms in total. The second kappa shape index (κ2) is 6.53. The maximum Gasteiger partial charge on any atom is 0.211 e. The second-order valence-corrected chi connectivity index (χ2v) is 6.33. The van der Waals surface area contributed by atoms with Gasteiger partial charge in [0.25, 0.3) is 0 Å². The Morgan fingerprint density at radius 2 is 1.26 bits per heavy atom. The first-order chi connectivity index (χ1) is 13.2. The minimum absolute atomic E-state index is 0.147. The second-order valence-electron chi connectivity index (χ2n) is 6.33. The van der Waals surface area contributed by atoms with Crippen LogP contribution in [-0.4, -0.2) is 17.5 Å². The molecule has 1 aliphatic rings. The molecule has 0 atom stereocenters. The molecule has 4 N–H and O–H groups in total. The number of Topliss-reactive ketones (excluding diaryl/α,β-unsaturated/α-hetero) is 1. The van der Waals surface area contributed by atoms with Gasteiger partial charge < -0.3 is 11.5 Å². The van der Waals surface area contributed by atoms with E-state index in [4.69, 9.17) is 11.5 Å². The zero-order valence-corrected chi connectivity index (χ0v) is 14.5. The molecular formula is C22H18N4O. The van der Waals surface area contributed by atoms with Crippen molar-refractivity contribution < 1.29 is 4.79 Å². The number of fused-ring (bicyclic) bond motifs is 1. The molecule has 0 saturated carbocycles. The maximum absolute atomic E-state index is 13.8. The SMILES string of the molecule is NC(N)=N/N=C1\C(=O)C(c2ccccc2)(c2ccccc2)c2ccccc21. The van der Waals surface area contributed by atoms with Crippen LogP contribution in [-0.2, 0) is 10.2 Å². The Hall–Kier alpha value is -3.73. The molecule has 3 aromatic carbocycles. The summed E-state index contributed by atoms with van der Waals surface area (Å²) < 4.78 is 0. The average Bonchev–Trinajstić information content (AvgIpc) is 2.96. The topological polar surface area (TPSA) is 93.8 Å². The molecule has 0 amide bonds. The normalized spacial score (nSPS) is 16.1. The van der Waals surface area contributed by atoms with Crippen molar-refractivity contribution in [2.75, 3.05) is 0 Å². The smallest absolute Gasteiger partial charge is 0.211 e. The Morgan fingerprint density at radius 3 is 1.81 bits per heavy atom. The van der Waals surface area contributed by atoms with E-state index in [1.54, 1.807) is 0 Å². The van der Waals surface area contributed by atoms with Gasteiger partial charge in [0.2, 0.25) is 11.7 Å². The third kappa shape index (κ3) is 2.52. The Kier molecular flexibility index (Phi) is 4.05. The highest BCUT2D eigenvalue weighted by Crippen LogP contribution is 2.46. The molecule has 1 aliphatic carbocycles. The van der Waals surface area contributed by atoms with Gasteiger partial charge in [-0.05, 0) is 16.7 Å². The van der Waals surface area contributed by atoms with Gasteiger partial charge in [-0.2, -0.15) is 0 Å². The van der Waals surface area contributed by atoms with Crippen LogP contribution < -0.4 is 11.5 Å². The number of nitrogens with two attached hydrogens (primary N) is 2. The lowest BCUT2D eigenvalue weighted by molar-refractivity contribution is -0.115. The third-order valence-electron chi connectivity index (χ3n) is 4.82. The largest absolute Gasteiger partial charge is 0.369 e. The molecule has 3 aromatic rings. The van der Waals surface area contributed by atoms with Gasteiger partial charge in [-0.1, -0.05) is 84.9 Å². The molecule has 132 valence electrons. The molecule has 0 fully saturated rings. The summed E-state index contributed by atoms with van der Waals surface area (Å²) in [5, 5.41) is 7.84. The fraction of sp³-hybridized carbons (Fsp3) is 0.0455. The van der Waals surface area contributed by atoms with Crippen molar-refractivity contribution >= 4 is 17.5 Å². The number of carbonyl (C=O) groups excluding carboxylic acids is 1. The van der Waals surface area contributed by atoms with E-state index in [1.807, 2.05) is 84.9 Å². The lowest BCUT2D eigenvalue weighted by Gasteiger charge is -2.29. The zero-order valence-electron chi connectivity index (χ0n) is 14.5. The summed E-state index contributed by atoms with van der Waals surface area (Å²) in [6.07, 6.45) is 0. The highest BCUT2D eigenvalue weighted by molar-refractivity contribution is 6.53. The van der Waals surface area contributed by atoms with E-state index in [-0.39, 0.29) is 17.5 Å². The van der Waals surface area contributed by atoms with E-state index in [2.05, 4.69) is 10.2 Å². The van der Waals surface area contributed by atoms with Gasteiger partial charge in [-0.3, -0.25) is 4.79 Å². The highest BCUT2D eigenvalue weighted by Gasteiger charge is 2.52. The van der Waals surface area contributed by atoms with Gasteiger partial charge in [-0.25, -0.2) is 0 Å². The van der Waals surface area contributed by atoms with Gasteiger partial charge in [0, 0.05) is 5.56 Å². The molecular weight excluding hydrogens is 336 g/mol. The lowest BCUT2D eigenvalue weighted by Crippen LogP contribution is -2.37. The van der Waals surface area contributed by atoms with Gasteiger partial charge in [0.05, 0.1) is 0 Å². The standard InChI is InChI=1S/C22H18N4O/c23-21(24)26-25-19-17-13-7-8-14-18(17)22(20(19)27,15-9-3-1-4-10-15)16-11-5-2-6-12-16/h1-14H,(H4,23,24,26)/b25-19-. The van der Waals surface area contributed by atoms with Gasteiger partial charge in [0.1, 0.15) is 11.1 Å². The third-order valence-corrected chi connectivity index (χ3v) is 4.82. The van der Waals surface area contributed by atoms with Crippen molar-refractivity contribution in [3.63, 3.8) is 0 Å². The Bertz CT molecular complexity index is 1010. The minimum Gasteiger partial charge on any atom is -0.369 e. The number of hydrogen-bond donors (Lipinski definition) is 2. The molecule has 0 bridgehead atoms. The molecule has 0 unspecified atom stereocenters. The van der Waals surface area contributed by atoms with E-state index in [0.29, 0.717) is 0 Å². The van der Waals surface area contributed by atoms with Crippen molar-refractivity contribution in [1.82, 2.24) is 0 Å². The van der Waals surface area contributed by atoms with Crippen LogP contribution in [0.2, 0.25) is 0 Å². The van der Waals surface area contributed by atoms with Crippen molar-refractivity contribution in [3.05, 3.63) is 107 Å². The van der Waals surface area contributed by atoms with E-state index in [9.17, 15) is 4.79 Å². The summed E-state index contributed by atoms with van der Waals surface area (Å²) in [7, 11) is 0.